The molecule has 110 valence electrons. The molecule has 3 unspecified atom stereocenters. The van der Waals surface area contributed by atoms with Gasteiger partial charge < -0.3 is 15.4 Å². The molecular weight excluding hydrogens is 240 g/mol. The van der Waals surface area contributed by atoms with Gasteiger partial charge in [-0.1, -0.05) is 19.8 Å². The van der Waals surface area contributed by atoms with E-state index in [1.165, 1.54) is 12.8 Å². The summed E-state index contributed by atoms with van der Waals surface area (Å²) in [5.74, 6) is 1.27. The quantitative estimate of drug-likeness (QED) is 0.845. The summed E-state index contributed by atoms with van der Waals surface area (Å²) < 4.78 is 5.49. The van der Waals surface area contributed by atoms with Crippen molar-refractivity contribution in [3.63, 3.8) is 0 Å². The standard InChI is InChI=1S/C15H28N2O2/c1-2-14-11-19-9-8-17(14)15(18)13-5-3-4-12(10-13)6-7-16/h12-14H,2-11,16H2,1H3. The SMILES string of the molecule is CCC1COCCN1C(=O)C1CCCC(CCN)C1. The van der Waals surface area contributed by atoms with Gasteiger partial charge in [0.15, 0.2) is 0 Å². The molecule has 1 aliphatic heterocycles. The lowest BCUT2D eigenvalue weighted by Gasteiger charge is -2.39. The number of amides is 1. The van der Waals surface area contributed by atoms with E-state index in [1.54, 1.807) is 0 Å². The molecule has 0 bridgehead atoms. The lowest BCUT2D eigenvalue weighted by Crippen LogP contribution is -2.51. The highest BCUT2D eigenvalue weighted by atomic mass is 16.5. The van der Waals surface area contributed by atoms with E-state index in [2.05, 4.69) is 11.8 Å². The van der Waals surface area contributed by atoms with Crippen LogP contribution in [0.15, 0.2) is 0 Å². The minimum Gasteiger partial charge on any atom is -0.377 e. The molecule has 2 aliphatic rings. The summed E-state index contributed by atoms with van der Waals surface area (Å²) in [6, 6.07) is 0.288. The van der Waals surface area contributed by atoms with Crippen LogP contribution in [-0.2, 0) is 9.53 Å². The highest BCUT2D eigenvalue weighted by Crippen LogP contribution is 2.32. The van der Waals surface area contributed by atoms with Crippen LogP contribution in [0.5, 0.6) is 0 Å². The second kappa shape index (κ2) is 7.25. The maximum atomic E-state index is 12.7. The predicted octanol–water partition coefficient (Wildman–Crippen LogP) is 1.78. The Morgan fingerprint density at radius 3 is 3.00 bits per heavy atom. The van der Waals surface area contributed by atoms with Crippen molar-refractivity contribution in [1.82, 2.24) is 4.90 Å². The van der Waals surface area contributed by atoms with Gasteiger partial charge in [-0.05, 0) is 38.1 Å². The van der Waals surface area contributed by atoms with Gasteiger partial charge in [-0.2, -0.15) is 0 Å². The number of ether oxygens (including phenoxy) is 1. The lowest BCUT2D eigenvalue weighted by atomic mass is 9.79. The van der Waals surface area contributed by atoms with Crippen LogP contribution in [-0.4, -0.2) is 43.2 Å². The topological polar surface area (TPSA) is 55.6 Å². The second-order valence-electron chi connectivity index (χ2n) is 5.98. The molecule has 19 heavy (non-hydrogen) atoms. The minimum atomic E-state index is 0.234. The molecule has 2 fully saturated rings. The van der Waals surface area contributed by atoms with Crippen molar-refractivity contribution >= 4 is 5.91 Å². The van der Waals surface area contributed by atoms with E-state index < -0.39 is 0 Å². The third-order valence-electron chi connectivity index (χ3n) is 4.69. The number of hydrogen-bond donors (Lipinski definition) is 1. The maximum absolute atomic E-state index is 12.7. The van der Waals surface area contributed by atoms with Crippen LogP contribution in [0.3, 0.4) is 0 Å². The molecule has 0 aromatic rings. The average molecular weight is 268 g/mol. The first-order valence-electron chi connectivity index (χ1n) is 7.84. The van der Waals surface area contributed by atoms with Gasteiger partial charge in [0.05, 0.1) is 19.3 Å². The zero-order chi connectivity index (χ0) is 13.7. The molecule has 2 N–H and O–H groups in total. The average Bonchev–Trinajstić information content (AvgIpc) is 2.47. The molecule has 3 atom stereocenters. The van der Waals surface area contributed by atoms with Crippen LogP contribution < -0.4 is 5.73 Å². The fraction of sp³-hybridized carbons (Fsp3) is 0.933. The number of nitrogens with two attached hydrogens (primary N) is 1. The molecule has 1 heterocycles. The van der Waals surface area contributed by atoms with E-state index in [1.807, 2.05) is 0 Å². The summed E-state index contributed by atoms with van der Waals surface area (Å²) in [6.45, 7) is 5.07. The van der Waals surface area contributed by atoms with E-state index in [9.17, 15) is 4.79 Å². The normalized spacial score (nSPS) is 32.3. The van der Waals surface area contributed by atoms with Gasteiger partial charge in [-0.25, -0.2) is 0 Å². The molecule has 1 saturated carbocycles. The van der Waals surface area contributed by atoms with Gasteiger partial charge in [-0.3, -0.25) is 4.79 Å². The highest BCUT2D eigenvalue weighted by Gasteiger charge is 2.33. The van der Waals surface area contributed by atoms with E-state index >= 15 is 0 Å². The maximum Gasteiger partial charge on any atom is 0.226 e. The summed E-state index contributed by atoms with van der Waals surface area (Å²) in [6.07, 6.45) is 6.61. The predicted molar refractivity (Wildman–Crippen MR) is 75.7 cm³/mol. The third-order valence-corrected chi connectivity index (χ3v) is 4.69. The summed E-state index contributed by atoms with van der Waals surface area (Å²) >= 11 is 0. The van der Waals surface area contributed by atoms with Crippen LogP contribution in [0.25, 0.3) is 0 Å². The summed E-state index contributed by atoms with van der Waals surface area (Å²) in [5.41, 5.74) is 5.66. The Hall–Kier alpha value is -0.610. The Morgan fingerprint density at radius 2 is 2.26 bits per heavy atom. The van der Waals surface area contributed by atoms with Crippen molar-refractivity contribution in [3.05, 3.63) is 0 Å². The van der Waals surface area contributed by atoms with Crippen molar-refractivity contribution in [3.8, 4) is 0 Å². The van der Waals surface area contributed by atoms with E-state index in [4.69, 9.17) is 10.5 Å². The Kier molecular flexibility index (Phi) is 5.64. The number of nitrogens with zero attached hydrogens (tertiary/aromatic N) is 1. The van der Waals surface area contributed by atoms with Crippen molar-refractivity contribution in [1.29, 1.82) is 0 Å². The first kappa shape index (κ1) is 14.8. The van der Waals surface area contributed by atoms with Crippen molar-refractivity contribution in [2.24, 2.45) is 17.6 Å². The van der Waals surface area contributed by atoms with Gasteiger partial charge in [0.1, 0.15) is 0 Å². The molecule has 4 nitrogen and oxygen atoms in total. The van der Waals surface area contributed by atoms with Crippen LogP contribution in [0, 0.1) is 11.8 Å². The molecule has 0 spiro atoms. The van der Waals surface area contributed by atoms with Crippen LogP contribution in [0.2, 0.25) is 0 Å². The molecular formula is C15H28N2O2. The molecule has 1 saturated heterocycles. The van der Waals surface area contributed by atoms with Gasteiger partial charge in [0.25, 0.3) is 0 Å². The molecule has 0 radical (unpaired) electrons. The smallest absolute Gasteiger partial charge is 0.226 e. The monoisotopic (exact) mass is 268 g/mol. The summed E-state index contributed by atoms with van der Waals surface area (Å²) in [5, 5.41) is 0. The largest absolute Gasteiger partial charge is 0.377 e. The van der Waals surface area contributed by atoms with Crippen LogP contribution in [0.1, 0.15) is 45.4 Å². The number of carbonyl (C=O) groups is 1. The first-order chi connectivity index (χ1) is 9.26. The van der Waals surface area contributed by atoms with Crippen molar-refractivity contribution in [2.75, 3.05) is 26.3 Å². The third kappa shape index (κ3) is 3.69. The van der Waals surface area contributed by atoms with Gasteiger partial charge >= 0.3 is 0 Å². The number of hydrogen-bond acceptors (Lipinski definition) is 3. The molecule has 2 rings (SSSR count). The van der Waals surface area contributed by atoms with Crippen molar-refractivity contribution in [2.45, 2.75) is 51.5 Å². The number of rotatable bonds is 4. The highest BCUT2D eigenvalue weighted by molar-refractivity contribution is 5.79. The number of carbonyl (C=O) groups excluding carboxylic acids is 1. The second-order valence-corrected chi connectivity index (χ2v) is 5.98. The van der Waals surface area contributed by atoms with E-state index in [0.29, 0.717) is 25.0 Å². The van der Waals surface area contributed by atoms with Gasteiger partial charge in [0, 0.05) is 12.5 Å². The Balaban J connectivity index is 1.93. The zero-order valence-corrected chi connectivity index (χ0v) is 12.1. The Morgan fingerprint density at radius 1 is 1.42 bits per heavy atom. The summed E-state index contributed by atoms with van der Waals surface area (Å²) in [4.78, 5) is 14.8. The number of morpholine rings is 1. The zero-order valence-electron chi connectivity index (χ0n) is 12.1. The lowest BCUT2D eigenvalue weighted by molar-refractivity contribution is -0.146. The first-order valence-corrected chi connectivity index (χ1v) is 7.84. The van der Waals surface area contributed by atoms with Crippen molar-refractivity contribution < 1.29 is 9.53 Å². The van der Waals surface area contributed by atoms with Gasteiger partial charge in [0.2, 0.25) is 5.91 Å². The Bertz CT molecular complexity index is 294. The molecule has 1 amide bonds. The summed E-state index contributed by atoms with van der Waals surface area (Å²) in [7, 11) is 0. The van der Waals surface area contributed by atoms with Crippen LogP contribution in [0.4, 0.5) is 0 Å². The van der Waals surface area contributed by atoms with Crippen LogP contribution >= 0.6 is 0 Å². The van der Waals surface area contributed by atoms with E-state index in [0.717, 1.165) is 38.8 Å². The molecule has 0 aromatic heterocycles. The Labute approximate surface area is 116 Å². The molecule has 1 aliphatic carbocycles. The fourth-order valence-corrected chi connectivity index (χ4v) is 3.53. The molecule has 4 heteroatoms. The van der Waals surface area contributed by atoms with Gasteiger partial charge in [-0.15, -0.1) is 0 Å². The fourth-order valence-electron chi connectivity index (χ4n) is 3.53. The minimum absolute atomic E-state index is 0.234. The molecule has 0 aromatic carbocycles. The van der Waals surface area contributed by atoms with E-state index in [-0.39, 0.29) is 12.0 Å².